The summed E-state index contributed by atoms with van der Waals surface area (Å²) >= 11 is 0. The second-order valence-electron chi connectivity index (χ2n) is 6.47. The summed E-state index contributed by atoms with van der Waals surface area (Å²) in [6, 6.07) is 17.0. The van der Waals surface area contributed by atoms with Gasteiger partial charge in [0.15, 0.2) is 0 Å². The highest BCUT2D eigenvalue weighted by Crippen LogP contribution is 2.23. The van der Waals surface area contributed by atoms with Crippen LogP contribution < -0.4 is 9.47 Å². The lowest BCUT2D eigenvalue weighted by atomic mass is 9.88. The topological polar surface area (TPSA) is 18.5 Å². The van der Waals surface area contributed by atoms with Crippen molar-refractivity contribution < 1.29 is 9.47 Å². The number of unbranched alkanes of at least 4 members (excludes halogenated alkanes) is 2. The van der Waals surface area contributed by atoms with Crippen molar-refractivity contribution in [2.75, 3.05) is 14.2 Å². The van der Waals surface area contributed by atoms with E-state index < -0.39 is 0 Å². The second kappa shape index (κ2) is 10.0. The number of ether oxygens (including phenoxy) is 2. The molecule has 0 heterocycles. The molecule has 24 heavy (non-hydrogen) atoms. The molecule has 0 fully saturated rings. The second-order valence-corrected chi connectivity index (χ2v) is 6.47. The van der Waals surface area contributed by atoms with Gasteiger partial charge in [-0.1, -0.05) is 50.5 Å². The summed E-state index contributed by atoms with van der Waals surface area (Å²) < 4.78 is 10.5. The van der Waals surface area contributed by atoms with Gasteiger partial charge in [-0.15, -0.1) is 0 Å². The monoisotopic (exact) mass is 326 g/mol. The Balaban J connectivity index is 2.01. The lowest BCUT2D eigenvalue weighted by Crippen LogP contribution is -2.09. The van der Waals surface area contributed by atoms with Gasteiger partial charge >= 0.3 is 0 Å². The molecule has 0 aliphatic carbocycles. The first-order chi connectivity index (χ1) is 11.7. The Kier molecular flexibility index (Phi) is 7.67. The Morgan fingerprint density at radius 2 is 1.17 bits per heavy atom. The minimum Gasteiger partial charge on any atom is -0.497 e. The van der Waals surface area contributed by atoms with Crippen LogP contribution >= 0.6 is 0 Å². The molecule has 0 saturated heterocycles. The van der Waals surface area contributed by atoms with Crippen molar-refractivity contribution in [1.82, 2.24) is 0 Å². The first-order valence-corrected chi connectivity index (χ1v) is 9.01. The molecule has 2 rings (SSSR count). The molecule has 2 aromatic rings. The van der Waals surface area contributed by atoms with E-state index in [1.54, 1.807) is 14.2 Å². The molecular formula is C22H30O2. The van der Waals surface area contributed by atoms with E-state index in [2.05, 4.69) is 55.5 Å². The zero-order chi connectivity index (χ0) is 17.2. The third-order valence-corrected chi connectivity index (χ3v) is 4.58. The Morgan fingerprint density at radius 1 is 0.708 bits per heavy atom. The van der Waals surface area contributed by atoms with Gasteiger partial charge in [-0.3, -0.25) is 0 Å². The van der Waals surface area contributed by atoms with E-state index in [9.17, 15) is 0 Å². The quantitative estimate of drug-likeness (QED) is 0.522. The van der Waals surface area contributed by atoms with Crippen LogP contribution in [0.15, 0.2) is 48.5 Å². The molecule has 0 spiro atoms. The number of rotatable bonds is 10. The van der Waals surface area contributed by atoms with E-state index in [1.165, 1.54) is 36.8 Å². The van der Waals surface area contributed by atoms with Gasteiger partial charge in [0.2, 0.25) is 0 Å². The molecular weight excluding hydrogens is 296 g/mol. The lowest BCUT2D eigenvalue weighted by molar-refractivity contribution is 0.413. The average molecular weight is 326 g/mol. The van der Waals surface area contributed by atoms with Crippen molar-refractivity contribution in [3.05, 3.63) is 59.7 Å². The Labute approximate surface area is 146 Å². The summed E-state index contributed by atoms with van der Waals surface area (Å²) in [6.45, 7) is 2.27. The molecule has 0 saturated carbocycles. The maximum Gasteiger partial charge on any atom is 0.118 e. The highest BCUT2D eigenvalue weighted by atomic mass is 16.5. The predicted molar refractivity (Wildman–Crippen MR) is 101 cm³/mol. The fraction of sp³-hybridized carbons (Fsp3) is 0.455. The molecule has 0 bridgehead atoms. The van der Waals surface area contributed by atoms with Gasteiger partial charge in [0.05, 0.1) is 14.2 Å². The summed E-state index contributed by atoms with van der Waals surface area (Å²) in [5.41, 5.74) is 2.79. The maximum absolute atomic E-state index is 5.26. The van der Waals surface area contributed by atoms with Gasteiger partial charge in [0, 0.05) is 0 Å². The van der Waals surface area contributed by atoms with Crippen LogP contribution in [-0.2, 0) is 12.8 Å². The highest BCUT2D eigenvalue weighted by Gasteiger charge is 2.11. The molecule has 2 heteroatoms. The molecule has 0 aromatic heterocycles. The first kappa shape index (κ1) is 18.4. The largest absolute Gasteiger partial charge is 0.497 e. The van der Waals surface area contributed by atoms with Crippen LogP contribution in [0.1, 0.15) is 43.7 Å². The smallest absolute Gasteiger partial charge is 0.118 e. The predicted octanol–water partition coefficient (Wildman–Crippen LogP) is 5.69. The molecule has 0 aliphatic heterocycles. The zero-order valence-corrected chi connectivity index (χ0v) is 15.3. The summed E-state index contributed by atoms with van der Waals surface area (Å²) in [5.74, 6) is 2.53. The van der Waals surface area contributed by atoms with Gasteiger partial charge < -0.3 is 9.47 Å². The van der Waals surface area contributed by atoms with E-state index in [4.69, 9.17) is 9.47 Å². The molecule has 0 aliphatic rings. The van der Waals surface area contributed by atoms with Crippen LogP contribution in [0.4, 0.5) is 0 Å². The number of benzene rings is 2. The van der Waals surface area contributed by atoms with Crippen molar-refractivity contribution in [3.8, 4) is 11.5 Å². The molecule has 0 N–H and O–H groups in total. The molecule has 2 nitrogen and oxygen atoms in total. The molecule has 0 atom stereocenters. The van der Waals surface area contributed by atoms with E-state index >= 15 is 0 Å². The Bertz CT molecular complexity index is 522. The normalized spacial score (nSPS) is 10.8. The summed E-state index contributed by atoms with van der Waals surface area (Å²) in [6.07, 6.45) is 7.44. The van der Waals surface area contributed by atoms with Crippen molar-refractivity contribution in [1.29, 1.82) is 0 Å². The zero-order valence-electron chi connectivity index (χ0n) is 15.3. The van der Waals surface area contributed by atoms with Gasteiger partial charge in [-0.2, -0.15) is 0 Å². The van der Waals surface area contributed by atoms with Crippen LogP contribution in [0, 0.1) is 5.92 Å². The standard InChI is InChI=1S/C22H30O2/c1-4-5-6-7-20(16-18-8-12-21(23-2)13-9-18)17-19-10-14-22(24-3)15-11-19/h8-15,20H,4-7,16-17H2,1-3H3. The third kappa shape index (κ3) is 5.92. The first-order valence-electron chi connectivity index (χ1n) is 9.01. The number of hydrogen-bond donors (Lipinski definition) is 0. The fourth-order valence-electron chi connectivity index (χ4n) is 3.15. The van der Waals surface area contributed by atoms with Crippen molar-refractivity contribution in [2.45, 2.75) is 45.4 Å². The van der Waals surface area contributed by atoms with E-state index in [0.29, 0.717) is 5.92 Å². The van der Waals surface area contributed by atoms with Gasteiger partial charge in [-0.25, -0.2) is 0 Å². The SMILES string of the molecule is CCCCCC(Cc1ccc(OC)cc1)Cc1ccc(OC)cc1. The van der Waals surface area contributed by atoms with Crippen LogP contribution in [0.2, 0.25) is 0 Å². The molecule has 0 amide bonds. The van der Waals surface area contributed by atoms with Crippen molar-refractivity contribution in [3.63, 3.8) is 0 Å². The molecule has 130 valence electrons. The number of hydrogen-bond acceptors (Lipinski definition) is 2. The minimum absolute atomic E-state index is 0.679. The lowest BCUT2D eigenvalue weighted by Gasteiger charge is -2.18. The third-order valence-electron chi connectivity index (χ3n) is 4.58. The van der Waals surface area contributed by atoms with E-state index in [-0.39, 0.29) is 0 Å². The van der Waals surface area contributed by atoms with Crippen molar-refractivity contribution in [2.24, 2.45) is 5.92 Å². The maximum atomic E-state index is 5.26. The Hall–Kier alpha value is -1.96. The van der Waals surface area contributed by atoms with E-state index in [0.717, 1.165) is 24.3 Å². The van der Waals surface area contributed by atoms with Crippen molar-refractivity contribution >= 4 is 0 Å². The van der Waals surface area contributed by atoms with Crippen LogP contribution in [0.3, 0.4) is 0 Å². The van der Waals surface area contributed by atoms with Crippen LogP contribution in [-0.4, -0.2) is 14.2 Å². The van der Waals surface area contributed by atoms with E-state index in [1.807, 2.05) is 0 Å². The fourth-order valence-corrected chi connectivity index (χ4v) is 3.15. The number of methoxy groups -OCH3 is 2. The molecule has 0 unspecified atom stereocenters. The van der Waals surface area contributed by atoms with Crippen LogP contribution in [0.25, 0.3) is 0 Å². The summed E-state index contributed by atoms with van der Waals surface area (Å²) in [4.78, 5) is 0. The van der Waals surface area contributed by atoms with Gasteiger partial charge in [-0.05, 0) is 60.6 Å². The minimum atomic E-state index is 0.679. The Morgan fingerprint density at radius 3 is 1.54 bits per heavy atom. The molecule has 0 radical (unpaired) electrons. The average Bonchev–Trinajstić information content (AvgIpc) is 2.63. The summed E-state index contributed by atoms with van der Waals surface area (Å²) in [5, 5.41) is 0. The van der Waals surface area contributed by atoms with Gasteiger partial charge in [0.25, 0.3) is 0 Å². The molecule has 2 aromatic carbocycles. The highest BCUT2D eigenvalue weighted by molar-refractivity contribution is 5.29. The van der Waals surface area contributed by atoms with Gasteiger partial charge in [0.1, 0.15) is 11.5 Å². The summed E-state index contributed by atoms with van der Waals surface area (Å²) in [7, 11) is 3.43. The van der Waals surface area contributed by atoms with Crippen LogP contribution in [0.5, 0.6) is 11.5 Å².